The highest BCUT2D eigenvalue weighted by molar-refractivity contribution is 5.46. The van der Waals surface area contributed by atoms with E-state index in [4.69, 9.17) is 9.47 Å². The van der Waals surface area contributed by atoms with Crippen LogP contribution in [0.1, 0.15) is 25.3 Å². The summed E-state index contributed by atoms with van der Waals surface area (Å²) < 4.78 is 10.6. The van der Waals surface area contributed by atoms with Crippen molar-refractivity contribution in [2.45, 2.75) is 38.6 Å². The Morgan fingerprint density at radius 1 is 1.20 bits per heavy atom. The topological polar surface area (TPSA) is 33.7 Å². The fourth-order valence-electron chi connectivity index (χ4n) is 2.79. The number of anilines is 1. The van der Waals surface area contributed by atoms with E-state index in [1.807, 2.05) is 0 Å². The molecule has 1 unspecified atom stereocenters. The van der Waals surface area contributed by atoms with Gasteiger partial charge in [-0.1, -0.05) is 12.1 Å². The van der Waals surface area contributed by atoms with Crippen LogP contribution in [0, 0.1) is 0 Å². The third-order valence-electron chi connectivity index (χ3n) is 3.80. The van der Waals surface area contributed by atoms with Crippen LogP contribution in [-0.2, 0) is 16.0 Å². The van der Waals surface area contributed by atoms with Crippen LogP contribution in [0.2, 0.25) is 0 Å². The number of rotatable bonds is 7. The first-order chi connectivity index (χ1) is 9.72. The number of hydrogen-bond acceptors (Lipinski definition) is 4. The molecule has 0 spiro atoms. The van der Waals surface area contributed by atoms with Gasteiger partial charge < -0.3 is 14.8 Å². The van der Waals surface area contributed by atoms with Gasteiger partial charge in [-0.3, -0.25) is 4.90 Å². The number of nitrogens with one attached hydrogen (secondary N) is 1. The summed E-state index contributed by atoms with van der Waals surface area (Å²) in [5, 5.41) is 3.44. The molecule has 0 bridgehead atoms. The molecule has 1 saturated heterocycles. The molecule has 1 aliphatic heterocycles. The molecule has 1 atom stereocenters. The van der Waals surface area contributed by atoms with Gasteiger partial charge in [0.25, 0.3) is 0 Å². The van der Waals surface area contributed by atoms with Crippen LogP contribution in [0.25, 0.3) is 0 Å². The highest BCUT2D eigenvalue weighted by Gasteiger charge is 2.16. The Labute approximate surface area is 122 Å². The van der Waals surface area contributed by atoms with Crippen LogP contribution >= 0.6 is 0 Å². The second kappa shape index (κ2) is 7.62. The van der Waals surface area contributed by atoms with Crippen LogP contribution < -0.4 is 5.32 Å². The summed E-state index contributed by atoms with van der Waals surface area (Å²) in [6.45, 7) is 5.56. The van der Waals surface area contributed by atoms with E-state index in [0.717, 1.165) is 12.2 Å². The summed E-state index contributed by atoms with van der Waals surface area (Å²) in [6, 6.07) is 8.71. The van der Waals surface area contributed by atoms with Gasteiger partial charge in [0, 0.05) is 26.5 Å². The molecular weight excluding hydrogens is 252 g/mol. The average Bonchev–Trinajstić information content (AvgIpc) is 2.93. The molecule has 1 heterocycles. The maximum absolute atomic E-state index is 5.28. The Balaban J connectivity index is 1.94. The van der Waals surface area contributed by atoms with Crippen molar-refractivity contribution in [1.82, 2.24) is 4.90 Å². The molecule has 4 heteroatoms. The zero-order chi connectivity index (χ0) is 14.4. The molecule has 1 aromatic rings. The van der Waals surface area contributed by atoms with Crippen molar-refractivity contribution in [1.29, 1.82) is 0 Å². The summed E-state index contributed by atoms with van der Waals surface area (Å²) in [4.78, 5) is 2.51. The van der Waals surface area contributed by atoms with E-state index in [0.29, 0.717) is 0 Å². The Kier molecular flexibility index (Phi) is 5.83. The van der Waals surface area contributed by atoms with Crippen molar-refractivity contribution in [3.63, 3.8) is 0 Å². The molecule has 4 nitrogen and oxygen atoms in total. The van der Waals surface area contributed by atoms with Crippen molar-refractivity contribution >= 4 is 5.69 Å². The fourth-order valence-corrected chi connectivity index (χ4v) is 2.79. The molecule has 0 saturated carbocycles. The standard InChI is InChI=1S/C16H26N2O2/c1-13(16(19-2)20-3)17-15-8-6-7-14(11-15)12-18-9-4-5-10-18/h6-8,11,13,16-17H,4-5,9-10,12H2,1-3H3. The maximum Gasteiger partial charge on any atom is 0.176 e. The lowest BCUT2D eigenvalue weighted by Crippen LogP contribution is -2.33. The lowest BCUT2D eigenvalue weighted by molar-refractivity contribution is -0.109. The second-order valence-corrected chi connectivity index (χ2v) is 5.46. The quantitative estimate of drug-likeness (QED) is 0.778. The van der Waals surface area contributed by atoms with Crippen molar-refractivity contribution in [2.24, 2.45) is 0 Å². The van der Waals surface area contributed by atoms with Crippen LogP contribution in [0.15, 0.2) is 24.3 Å². The Morgan fingerprint density at radius 2 is 1.90 bits per heavy atom. The van der Waals surface area contributed by atoms with E-state index >= 15 is 0 Å². The molecule has 0 radical (unpaired) electrons. The van der Waals surface area contributed by atoms with E-state index in [2.05, 4.69) is 41.4 Å². The minimum absolute atomic E-state index is 0.104. The first kappa shape index (κ1) is 15.3. The molecule has 20 heavy (non-hydrogen) atoms. The van der Waals surface area contributed by atoms with Crippen LogP contribution in [0.4, 0.5) is 5.69 Å². The van der Waals surface area contributed by atoms with Gasteiger partial charge in [-0.25, -0.2) is 0 Å². The summed E-state index contributed by atoms with van der Waals surface area (Å²) in [6.07, 6.45) is 2.42. The highest BCUT2D eigenvalue weighted by atomic mass is 16.7. The summed E-state index contributed by atoms with van der Waals surface area (Å²) in [5.41, 5.74) is 2.48. The van der Waals surface area contributed by atoms with Gasteiger partial charge in [0.2, 0.25) is 0 Å². The Hall–Kier alpha value is -1.10. The molecule has 1 aromatic carbocycles. The minimum atomic E-state index is -0.239. The molecule has 0 aromatic heterocycles. The zero-order valence-corrected chi connectivity index (χ0v) is 12.8. The normalized spacial score (nSPS) is 17.6. The van der Waals surface area contributed by atoms with Crippen molar-refractivity contribution in [3.05, 3.63) is 29.8 Å². The molecule has 1 aliphatic rings. The summed E-state index contributed by atoms with van der Waals surface area (Å²) in [5.74, 6) is 0. The zero-order valence-electron chi connectivity index (χ0n) is 12.8. The van der Waals surface area contributed by atoms with Gasteiger partial charge in [-0.05, 0) is 50.6 Å². The highest BCUT2D eigenvalue weighted by Crippen LogP contribution is 2.17. The molecule has 2 rings (SSSR count). The maximum atomic E-state index is 5.28. The molecular formula is C16H26N2O2. The largest absolute Gasteiger partial charge is 0.377 e. The molecule has 0 aliphatic carbocycles. The second-order valence-electron chi connectivity index (χ2n) is 5.46. The van der Waals surface area contributed by atoms with Crippen LogP contribution in [0.5, 0.6) is 0 Å². The number of hydrogen-bond donors (Lipinski definition) is 1. The first-order valence-electron chi connectivity index (χ1n) is 7.36. The van der Waals surface area contributed by atoms with E-state index in [-0.39, 0.29) is 12.3 Å². The number of likely N-dealkylation sites (tertiary alicyclic amines) is 1. The molecule has 1 fully saturated rings. The third-order valence-corrected chi connectivity index (χ3v) is 3.80. The fraction of sp³-hybridized carbons (Fsp3) is 0.625. The van der Waals surface area contributed by atoms with Crippen LogP contribution in [-0.4, -0.2) is 44.5 Å². The average molecular weight is 278 g/mol. The van der Waals surface area contributed by atoms with Gasteiger partial charge in [-0.2, -0.15) is 0 Å². The predicted molar refractivity (Wildman–Crippen MR) is 81.8 cm³/mol. The molecule has 112 valence electrons. The van der Waals surface area contributed by atoms with E-state index in [1.165, 1.54) is 31.5 Å². The van der Waals surface area contributed by atoms with Gasteiger partial charge in [0.15, 0.2) is 6.29 Å². The number of methoxy groups -OCH3 is 2. The number of benzene rings is 1. The number of nitrogens with zero attached hydrogens (tertiary/aromatic N) is 1. The smallest absolute Gasteiger partial charge is 0.176 e. The van der Waals surface area contributed by atoms with Crippen molar-refractivity contribution in [3.8, 4) is 0 Å². The van der Waals surface area contributed by atoms with Gasteiger partial charge in [0.05, 0.1) is 6.04 Å². The SMILES string of the molecule is COC(OC)C(C)Nc1cccc(CN2CCCC2)c1. The predicted octanol–water partition coefficient (Wildman–Crippen LogP) is 2.70. The Morgan fingerprint density at radius 3 is 2.55 bits per heavy atom. The first-order valence-corrected chi connectivity index (χ1v) is 7.36. The summed E-state index contributed by atoms with van der Waals surface area (Å²) >= 11 is 0. The molecule has 1 N–H and O–H groups in total. The Bertz CT molecular complexity index is 401. The van der Waals surface area contributed by atoms with Crippen molar-refractivity contribution < 1.29 is 9.47 Å². The van der Waals surface area contributed by atoms with Gasteiger partial charge in [-0.15, -0.1) is 0 Å². The van der Waals surface area contributed by atoms with Crippen LogP contribution in [0.3, 0.4) is 0 Å². The lowest BCUT2D eigenvalue weighted by Gasteiger charge is -2.23. The third kappa shape index (κ3) is 4.20. The summed E-state index contributed by atoms with van der Waals surface area (Å²) in [7, 11) is 3.33. The van der Waals surface area contributed by atoms with E-state index in [1.54, 1.807) is 14.2 Å². The number of ether oxygens (including phenoxy) is 2. The van der Waals surface area contributed by atoms with E-state index < -0.39 is 0 Å². The monoisotopic (exact) mass is 278 g/mol. The molecule has 0 amide bonds. The van der Waals surface area contributed by atoms with Gasteiger partial charge >= 0.3 is 0 Å². The van der Waals surface area contributed by atoms with Crippen molar-refractivity contribution in [2.75, 3.05) is 32.6 Å². The van der Waals surface area contributed by atoms with E-state index in [9.17, 15) is 0 Å². The van der Waals surface area contributed by atoms with Gasteiger partial charge in [0.1, 0.15) is 0 Å². The lowest BCUT2D eigenvalue weighted by atomic mass is 10.1. The minimum Gasteiger partial charge on any atom is -0.377 e.